The van der Waals surface area contributed by atoms with Crippen LogP contribution in [0.4, 0.5) is 5.69 Å². The lowest BCUT2D eigenvalue weighted by Crippen LogP contribution is -2.33. The summed E-state index contributed by atoms with van der Waals surface area (Å²) in [5.41, 5.74) is 4.06. The van der Waals surface area contributed by atoms with Gasteiger partial charge in [-0.2, -0.15) is 17.0 Å². The Morgan fingerprint density at radius 1 is 1.25 bits per heavy atom. The van der Waals surface area contributed by atoms with Crippen LogP contribution in [0.15, 0.2) is 6.07 Å². The van der Waals surface area contributed by atoms with E-state index in [2.05, 4.69) is 30.9 Å². The van der Waals surface area contributed by atoms with Gasteiger partial charge in [-0.25, -0.2) is 0 Å². The molecule has 1 fully saturated rings. The molecule has 0 saturated carbocycles. The van der Waals surface area contributed by atoms with E-state index in [9.17, 15) is 5.26 Å². The maximum atomic E-state index is 9.56. The standard InChI is InChI=1S/C16H23N3S/c1-3-5-13-11-16(19-7-9-20-10-8-19)14(12-17)15(18-13)6-4-2/h11H,3-10H2,1-2H3. The number of aromatic nitrogens is 1. The zero-order valence-electron chi connectivity index (χ0n) is 12.5. The molecular weight excluding hydrogens is 266 g/mol. The maximum absolute atomic E-state index is 9.56. The van der Waals surface area contributed by atoms with Crippen molar-refractivity contribution in [1.82, 2.24) is 4.98 Å². The van der Waals surface area contributed by atoms with Crippen molar-refractivity contribution in [3.05, 3.63) is 23.0 Å². The van der Waals surface area contributed by atoms with Gasteiger partial charge < -0.3 is 4.90 Å². The first-order chi connectivity index (χ1) is 9.80. The highest BCUT2D eigenvalue weighted by molar-refractivity contribution is 7.99. The summed E-state index contributed by atoms with van der Waals surface area (Å²) in [4.78, 5) is 7.09. The van der Waals surface area contributed by atoms with E-state index < -0.39 is 0 Å². The maximum Gasteiger partial charge on any atom is 0.103 e. The highest BCUT2D eigenvalue weighted by atomic mass is 32.2. The first kappa shape index (κ1) is 15.2. The van der Waals surface area contributed by atoms with E-state index in [1.54, 1.807) is 0 Å². The summed E-state index contributed by atoms with van der Waals surface area (Å²) in [7, 11) is 0. The van der Waals surface area contributed by atoms with Crippen molar-refractivity contribution in [1.29, 1.82) is 5.26 Å². The number of nitriles is 1. The van der Waals surface area contributed by atoms with Crippen LogP contribution in [0, 0.1) is 11.3 Å². The number of aryl methyl sites for hydroxylation is 2. The lowest BCUT2D eigenvalue weighted by molar-refractivity contribution is 0.808. The van der Waals surface area contributed by atoms with Crippen LogP contribution in [0.2, 0.25) is 0 Å². The minimum atomic E-state index is 0.804. The zero-order chi connectivity index (χ0) is 14.4. The molecule has 1 aliphatic heterocycles. The summed E-state index contributed by atoms with van der Waals surface area (Å²) in [5.74, 6) is 2.30. The second-order valence-corrected chi connectivity index (χ2v) is 6.39. The summed E-state index contributed by atoms with van der Waals surface area (Å²) in [6.45, 7) is 6.41. The Labute approximate surface area is 126 Å². The van der Waals surface area contributed by atoms with E-state index in [0.29, 0.717) is 0 Å². The van der Waals surface area contributed by atoms with E-state index in [-0.39, 0.29) is 0 Å². The molecule has 1 aromatic rings. The fourth-order valence-electron chi connectivity index (χ4n) is 2.62. The Balaban J connectivity index is 2.42. The number of rotatable bonds is 5. The Bertz CT molecular complexity index is 487. The molecule has 0 N–H and O–H groups in total. The largest absolute Gasteiger partial charge is 0.369 e. The predicted octanol–water partition coefficient (Wildman–Crippen LogP) is 3.41. The van der Waals surface area contributed by atoms with Gasteiger partial charge in [0.15, 0.2) is 0 Å². The predicted molar refractivity (Wildman–Crippen MR) is 86.5 cm³/mol. The number of nitrogens with zero attached hydrogens (tertiary/aromatic N) is 3. The van der Waals surface area contributed by atoms with E-state index in [1.807, 2.05) is 11.8 Å². The molecular formula is C16H23N3S. The number of hydrogen-bond donors (Lipinski definition) is 0. The van der Waals surface area contributed by atoms with Crippen molar-refractivity contribution in [2.75, 3.05) is 29.5 Å². The van der Waals surface area contributed by atoms with Gasteiger partial charge >= 0.3 is 0 Å². The normalized spacial score (nSPS) is 15.2. The Kier molecular flexibility index (Phi) is 5.72. The molecule has 0 radical (unpaired) electrons. The van der Waals surface area contributed by atoms with Crippen molar-refractivity contribution in [3.63, 3.8) is 0 Å². The van der Waals surface area contributed by atoms with Crippen LogP contribution in [0.5, 0.6) is 0 Å². The molecule has 108 valence electrons. The van der Waals surface area contributed by atoms with Gasteiger partial charge in [-0.05, 0) is 18.9 Å². The van der Waals surface area contributed by atoms with Crippen molar-refractivity contribution < 1.29 is 0 Å². The van der Waals surface area contributed by atoms with E-state index >= 15 is 0 Å². The molecule has 4 heteroatoms. The van der Waals surface area contributed by atoms with E-state index in [1.165, 1.54) is 0 Å². The summed E-state index contributed by atoms with van der Waals surface area (Å²) >= 11 is 2.00. The summed E-state index contributed by atoms with van der Waals surface area (Å²) in [5, 5.41) is 9.56. The molecule has 0 amide bonds. The average Bonchev–Trinajstić information content (AvgIpc) is 2.48. The molecule has 0 spiro atoms. The molecule has 1 saturated heterocycles. The summed E-state index contributed by atoms with van der Waals surface area (Å²) in [6, 6.07) is 4.55. The van der Waals surface area contributed by atoms with Crippen molar-refractivity contribution >= 4 is 17.4 Å². The minimum Gasteiger partial charge on any atom is -0.369 e. The SMILES string of the molecule is CCCc1cc(N2CCSCC2)c(C#N)c(CCC)n1. The quantitative estimate of drug-likeness (QED) is 0.833. The molecule has 1 aliphatic rings. The van der Waals surface area contributed by atoms with Gasteiger partial charge in [0, 0.05) is 30.3 Å². The third-order valence-corrected chi connectivity index (χ3v) is 4.53. The van der Waals surface area contributed by atoms with Crippen molar-refractivity contribution in [2.24, 2.45) is 0 Å². The Morgan fingerprint density at radius 2 is 1.95 bits per heavy atom. The van der Waals surface area contributed by atoms with Crippen LogP contribution in [0.1, 0.15) is 43.6 Å². The average molecular weight is 289 g/mol. The fourth-order valence-corrected chi connectivity index (χ4v) is 3.52. The summed E-state index contributed by atoms with van der Waals surface area (Å²) in [6.07, 6.45) is 4.03. The first-order valence-electron chi connectivity index (χ1n) is 7.55. The number of pyridine rings is 1. The van der Waals surface area contributed by atoms with Gasteiger partial charge in [0.2, 0.25) is 0 Å². The Hall–Kier alpha value is -1.21. The number of thioether (sulfide) groups is 1. The van der Waals surface area contributed by atoms with Gasteiger partial charge in [0.25, 0.3) is 0 Å². The highest BCUT2D eigenvalue weighted by Gasteiger charge is 2.19. The fraction of sp³-hybridized carbons (Fsp3) is 0.625. The van der Waals surface area contributed by atoms with Crippen LogP contribution in [0.25, 0.3) is 0 Å². The van der Waals surface area contributed by atoms with Crippen LogP contribution in [-0.2, 0) is 12.8 Å². The Morgan fingerprint density at radius 3 is 2.55 bits per heavy atom. The molecule has 1 aromatic heterocycles. The molecule has 0 atom stereocenters. The third-order valence-electron chi connectivity index (χ3n) is 3.58. The van der Waals surface area contributed by atoms with Crippen LogP contribution in [0.3, 0.4) is 0 Å². The van der Waals surface area contributed by atoms with Crippen LogP contribution >= 0.6 is 11.8 Å². The van der Waals surface area contributed by atoms with Crippen molar-refractivity contribution in [2.45, 2.75) is 39.5 Å². The van der Waals surface area contributed by atoms with Crippen molar-refractivity contribution in [3.8, 4) is 6.07 Å². The lowest BCUT2D eigenvalue weighted by Gasteiger charge is -2.30. The van der Waals surface area contributed by atoms with E-state index in [4.69, 9.17) is 4.98 Å². The molecule has 20 heavy (non-hydrogen) atoms. The second-order valence-electron chi connectivity index (χ2n) is 5.17. The highest BCUT2D eigenvalue weighted by Crippen LogP contribution is 2.27. The first-order valence-corrected chi connectivity index (χ1v) is 8.71. The monoisotopic (exact) mass is 289 g/mol. The topological polar surface area (TPSA) is 39.9 Å². The molecule has 0 unspecified atom stereocenters. The lowest BCUT2D eigenvalue weighted by atomic mass is 10.0. The van der Waals surface area contributed by atoms with Gasteiger partial charge in [-0.15, -0.1) is 0 Å². The smallest absolute Gasteiger partial charge is 0.103 e. The number of anilines is 1. The molecule has 0 aliphatic carbocycles. The van der Waals surface area contributed by atoms with Crippen LogP contribution in [-0.4, -0.2) is 29.6 Å². The van der Waals surface area contributed by atoms with Gasteiger partial charge in [0.1, 0.15) is 6.07 Å². The number of hydrogen-bond acceptors (Lipinski definition) is 4. The summed E-state index contributed by atoms with van der Waals surface area (Å²) < 4.78 is 0. The third kappa shape index (κ3) is 3.46. The molecule has 2 heterocycles. The van der Waals surface area contributed by atoms with Gasteiger partial charge in [-0.1, -0.05) is 26.7 Å². The molecule has 0 bridgehead atoms. The molecule has 0 aromatic carbocycles. The second kappa shape index (κ2) is 7.54. The minimum absolute atomic E-state index is 0.804. The molecule has 3 nitrogen and oxygen atoms in total. The van der Waals surface area contributed by atoms with Gasteiger partial charge in [-0.3, -0.25) is 4.98 Å². The van der Waals surface area contributed by atoms with Gasteiger partial charge in [0.05, 0.1) is 16.9 Å². The van der Waals surface area contributed by atoms with Crippen LogP contribution < -0.4 is 4.90 Å². The zero-order valence-corrected chi connectivity index (χ0v) is 13.3. The molecule has 2 rings (SSSR count). The van der Waals surface area contributed by atoms with E-state index in [0.717, 1.165) is 72.9 Å².